The summed E-state index contributed by atoms with van der Waals surface area (Å²) in [5.41, 5.74) is 0.366. The van der Waals surface area contributed by atoms with Crippen LogP contribution in [0.3, 0.4) is 0 Å². The van der Waals surface area contributed by atoms with E-state index in [1.165, 1.54) is 0 Å². The molecule has 1 aliphatic rings. The van der Waals surface area contributed by atoms with Crippen molar-refractivity contribution in [1.82, 2.24) is 5.32 Å². The van der Waals surface area contributed by atoms with Crippen molar-refractivity contribution in [1.29, 1.82) is 5.26 Å². The first-order valence-electron chi connectivity index (χ1n) is 5.69. The number of nitrogens with zero attached hydrogens (tertiary/aromatic N) is 1. The lowest BCUT2D eigenvalue weighted by atomic mass is 10.1. The molecular formula is C13H16N2O2. The van der Waals surface area contributed by atoms with Crippen molar-refractivity contribution in [2.45, 2.75) is 12.5 Å². The summed E-state index contributed by atoms with van der Waals surface area (Å²) in [5, 5.41) is 12.0. The molecule has 1 aliphatic heterocycles. The molecule has 0 aromatic heterocycles. The van der Waals surface area contributed by atoms with Gasteiger partial charge in [-0.2, -0.15) is 5.26 Å². The fourth-order valence-corrected chi connectivity index (χ4v) is 1.73. The van der Waals surface area contributed by atoms with Gasteiger partial charge in [0.05, 0.1) is 18.2 Å². The van der Waals surface area contributed by atoms with Crippen LogP contribution in [0.25, 0.3) is 0 Å². The summed E-state index contributed by atoms with van der Waals surface area (Å²) >= 11 is 0. The SMILES string of the molecule is C[C@@]1(COc2ccc(C#N)cc2)CNCCO1. The van der Waals surface area contributed by atoms with Crippen molar-refractivity contribution in [3.63, 3.8) is 0 Å². The second-order valence-electron chi connectivity index (χ2n) is 4.40. The Bertz CT molecular complexity index is 402. The zero-order chi connectivity index (χ0) is 12.1. The lowest BCUT2D eigenvalue weighted by molar-refractivity contribution is -0.0772. The minimum Gasteiger partial charge on any atom is -0.491 e. The summed E-state index contributed by atoms with van der Waals surface area (Å²) in [4.78, 5) is 0. The molecule has 17 heavy (non-hydrogen) atoms. The first-order chi connectivity index (χ1) is 8.22. The molecule has 1 fully saturated rings. The van der Waals surface area contributed by atoms with E-state index in [2.05, 4.69) is 11.4 Å². The summed E-state index contributed by atoms with van der Waals surface area (Å²) in [6, 6.07) is 9.18. The largest absolute Gasteiger partial charge is 0.491 e. The highest BCUT2D eigenvalue weighted by Gasteiger charge is 2.28. The number of nitriles is 1. The second-order valence-corrected chi connectivity index (χ2v) is 4.40. The third-order valence-corrected chi connectivity index (χ3v) is 2.76. The molecule has 1 heterocycles. The maximum absolute atomic E-state index is 8.68. The Labute approximate surface area is 101 Å². The fourth-order valence-electron chi connectivity index (χ4n) is 1.73. The predicted molar refractivity (Wildman–Crippen MR) is 63.9 cm³/mol. The fraction of sp³-hybridized carbons (Fsp3) is 0.462. The molecule has 4 nitrogen and oxygen atoms in total. The van der Waals surface area contributed by atoms with Gasteiger partial charge in [-0.05, 0) is 31.2 Å². The number of ether oxygens (including phenoxy) is 2. The van der Waals surface area contributed by atoms with E-state index in [4.69, 9.17) is 14.7 Å². The number of hydrogen-bond donors (Lipinski definition) is 1. The number of benzene rings is 1. The number of rotatable bonds is 3. The van der Waals surface area contributed by atoms with Crippen molar-refractivity contribution in [2.24, 2.45) is 0 Å². The van der Waals surface area contributed by atoms with Crippen LogP contribution in [0.2, 0.25) is 0 Å². The van der Waals surface area contributed by atoms with Crippen LogP contribution in [-0.2, 0) is 4.74 Å². The molecule has 0 bridgehead atoms. The van der Waals surface area contributed by atoms with Gasteiger partial charge in [-0.25, -0.2) is 0 Å². The molecule has 4 heteroatoms. The van der Waals surface area contributed by atoms with Crippen LogP contribution in [0, 0.1) is 11.3 Å². The molecule has 2 rings (SSSR count). The predicted octanol–water partition coefficient (Wildman–Crippen LogP) is 1.32. The summed E-state index contributed by atoms with van der Waals surface area (Å²) < 4.78 is 11.4. The quantitative estimate of drug-likeness (QED) is 0.854. The Morgan fingerprint density at radius 3 is 2.82 bits per heavy atom. The average Bonchev–Trinajstić information content (AvgIpc) is 2.38. The highest BCUT2D eigenvalue weighted by Crippen LogP contribution is 2.17. The van der Waals surface area contributed by atoms with Crippen LogP contribution in [0.5, 0.6) is 5.75 Å². The highest BCUT2D eigenvalue weighted by molar-refractivity contribution is 5.34. The maximum Gasteiger partial charge on any atom is 0.119 e. The third kappa shape index (κ3) is 3.19. The molecule has 90 valence electrons. The van der Waals surface area contributed by atoms with E-state index in [-0.39, 0.29) is 5.60 Å². The number of morpholine rings is 1. The molecule has 0 spiro atoms. The third-order valence-electron chi connectivity index (χ3n) is 2.76. The first-order valence-corrected chi connectivity index (χ1v) is 5.69. The smallest absolute Gasteiger partial charge is 0.119 e. The van der Waals surface area contributed by atoms with E-state index in [9.17, 15) is 0 Å². The van der Waals surface area contributed by atoms with Crippen molar-refractivity contribution in [2.75, 3.05) is 26.3 Å². The minimum atomic E-state index is -0.272. The van der Waals surface area contributed by atoms with Crippen LogP contribution >= 0.6 is 0 Å². The summed E-state index contributed by atoms with van der Waals surface area (Å²) in [7, 11) is 0. The zero-order valence-corrected chi connectivity index (χ0v) is 9.90. The van der Waals surface area contributed by atoms with Crippen LogP contribution < -0.4 is 10.1 Å². The molecule has 1 N–H and O–H groups in total. The topological polar surface area (TPSA) is 54.3 Å². The van der Waals surface area contributed by atoms with Crippen molar-refractivity contribution < 1.29 is 9.47 Å². The molecule has 0 radical (unpaired) electrons. The number of nitrogens with one attached hydrogen (secondary N) is 1. The lowest BCUT2D eigenvalue weighted by Crippen LogP contribution is -2.51. The van der Waals surface area contributed by atoms with Gasteiger partial charge >= 0.3 is 0 Å². The minimum absolute atomic E-state index is 0.272. The Hall–Kier alpha value is -1.57. The van der Waals surface area contributed by atoms with Gasteiger partial charge < -0.3 is 14.8 Å². The monoisotopic (exact) mass is 232 g/mol. The van der Waals surface area contributed by atoms with Gasteiger partial charge in [0, 0.05) is 13.1 Å². The standard InChI is InChI=1S/C13H16N2O2/c1-13(9-15-6-7-17-13)10-16-12-4-2-11(8-14)3-5-12/h2-5,15H,6-7,9-10H2,1H3/t13-/m0/s1. The van der Waals surface area contributed by atoms with Crippen LogP contribution in [0.4, 0.5) is 0 Å². The average molecular weight is 232 g/mol. The van der Waals surface area contributed by atoms with Gasteiger partial charge in [0.1, 0.15) is 18.0 Å². The summed E-state index contributed by atoms with van der Waals surface area (Å²) in [5.74, 6) is 0.763. The van der Waals surface area contributed by atoms with Gasteiger partial charge in [-0.3, -0.25) is 0 Å². The molecule has 0 amide bonds. The van der Waals surface area contributed by atoms with Crippen LogP contribution in [-0.4, -0.2) is 31.9 Å². The number of hydrogen-bond acceptors (Lipinski definition) is 4. The van der Waals surface area contributed by atoms with E-state index < -0.39 is 0 Å². The van der Waals surface area contributed by atoms with E-state index in [0.717, 1.165) is 18.8 Å². The van der Waals surface area contributed by atoms with Gasteiger partial charge in [-0.15, -0.1) is 0 Å². The van der Waals surface area contributed by atoms with Crippen molar-refractivity contribution >= 4 is 0 Å². The van der Waals surface area contributed by atoms with Crippen molar-refractivity contribution in [3.8, 4) is 11.8 Å². The zero-order valence-electron chi connectivity index (χ0n) is 9.90. The molecule has 1 aromatic rings. The Balaban J connectivity index is 1.90. The van der Waals surface area contributed by atoms with Crippen LogP contribution in [0.1, 0.15) is 12.5 Å². The molecule has 1 saturated heterocycles. The van der Waals surface area contributed by atoms with E-state index >= 15 is 0 Å². The van der Waals surface area contributed by atoms with E-state index in [1.807, 2.05) is 6.92 Å². The van der Waals surface area contributed by atoms with Gasteiger partial charge in [0.25, 0.3) is 0 Å². The van der Waals surface area contributed by atoms with Crippen LogP contribution in [0.15, 0.2) is 24.3 Å². The first kappa shape index (κ1) is 11.9. The second kappa shape index (κ2) is 5.17. The summed E-state index contributed by atoms with van der Waals surface area (Å²) in [6.45, 7) is 4.94. The van der Waals surface area contributed by atoms with Gasteiger partial charge in [0.2, 0.25) is 0 Å². The van der Waals surface area contributed by atoms with Crippen molar-refractivity contribution in [3.05, 3.63) is 29.8 Å². The molecule has 0 unspecified atom stereocenters. The van der Waals surface area contributed by atoms with E-state index in [0.29, 0.717) is 18.8 Å². The highest BCUT2D eigenvalue weighted by atomic mass is 16.5. The lowest BCUT2D eigenvalue weighted by Gasteiger charge is -2.34. The molecule has 1 atom stereocenters. The molecule has 0 aliphatic carbocycles. The van der Waals surface area contributed by atoms with E-state index in [1.54, 1.807) is 24.3 Å². The maximum atomic E-state index is 8.68. The normalized spacial score (nSPS) is 24.0. The van der Waals surface area contributed by atoms with Gasteiger partial charge in [0.15, 0.2) is 0 Å². The molecule has 0 saturated carbocycles. The molecular weight excluding hydrogens is 216 g/mol. The summed E-state index contributed by atoms with van der Waals surface area (Å²) in [6.07, 6.45) is 0. The molecule has 1 aromatic carbocycles. The Kier molecular flexibility index (Phi) is 3.62. The Morgan fingerprint density at radius 1 is 1.47 bits per heavy atom. The Morgan fingerprint density at radius 2 is 2.24 bits per heavy atom. The van der Waals surface area contributed by atoms with Gasteiger partial charge in [-0.1, -0.05) is 0 Å².